The standard InChI is InChI=1S/C69H119NO8/c1-3-5-7-9-11-13-15-17-19-21-23-24-25-26-27-28-29-30-31-32-33-34-35-36-37-38-39-40-41-43-45-47-49-51-53-55-57-59-65(73)70-62(61-77-69-68(76)67(75)66(74)64(60-71)78-69)63(72)58-56-54-52-50-48-46-44-42-22-20-18-16-14-12-10-8-6-4-2/h5,7,11,13,17,19,22-24,26-27,29-30,42,48,50,56,58,62-64,66-69,71-72,74-76H,3-4,6,8-10,12,14-16,18,20-21,25,28,31-41,43-47,49,51-55,57,59-61H2,1-2H3,(H,70,73)/b7-5-,13-11-,19-17-,24-23-,27-26-,30-29-,42-22+,50-48+,58-56+. The first-order chi connectivity index (χ1) is 38.3. The third kappa shape index (κ3) is 45.6. The molecule has 9 nitrogen and oxygen atoms in total. The number of carbonyl (C=O) groups is 1. The number of rotatable bonds is 54. The molecule has 0 aromatic rings. The lowest BCUT2D eigenvalue weighted by Gasteiger charge is -2.40. The molecule has 0 aromatic carbocycles. The molecule has 78 heavy (non-hydrogen) atoms. The minimum absolute atomic E-state index is 0.192. The lowest BCUT2D eigenvalue weighted by molar-refractivity contribution is -0.302. The number of hydrogen-bond donors (Lipinski definition) is 6. The molecule has 7 unspecified atom stereocenters. The van der Waals surface area contributed by atoms with Crippen molar-refractivity contribution in [1.82, 2.24) is 5.32 Å². The molecular weight excluding hydrogens is 971 g/mol. The van der Waals surface area contributed by atoms with E-state index in [0.29, 0.717) is 6.42 Å². The van der Waals surface area contributed by atoms with E-state index in [1.165, 1.54) is 154 Å². The summed E-state index contributed by atoms with van der Waals surface area (Å²) in [4.78, 5) is 13.1. The Morgan fingerprint density at radius 3 is 1.23 bits per heavy atom. The highest BCUT2D eigenvalue weighted by atomic mass is 16.7. The average Bonchev–Trinajstić information content (AvgIpc) is 3.45. The van der Waals surface area contributed by atoms with Crippen molar-refractivity contribution < 1.29 is 39.8 Å². The fourth-order valence-corrected chi connectivity index (χ4v) is 9.55. The molecule has 1 aliphatic rings. The molecule has 0 aromatic heterocycles. The maximum Gasteiger partial charge on any atom is 0.220 e. The van der Waals surface area contributed by atoms with Crippen molar-refractivity contribution in [1.29, 1.82) is 0 Å². The minimum atomic E-state index is -1.58. The smallest absolute Gasteiger partial charge is 0.220 e. The Hall–Kier alpha value is -3.15. The van der Waals surface area contributed by atoms with Crippen molar-refractivity contribution >= 4 is 5.91 Å². The van der Waals surface area contributed by atoms with Crippen LogP contribution in [-0.4, -0.2) is 87.5 Å². The van der Waals surface area contributed by atoms with Gasteiger partial charge in [0.2, 0.25) is 5.91 Å². The lowest BCUT2D eigenvalue weighted by Crippen LogP contribution is -2.60. The average molecular weight is 1090 g/mol. The lowest BCUT2D eigenvalue weighted by atomic mass is 9.99. The summed E-state index contributed by atoms with van der Waals surface area (Å²) in [5.74, 6) is -0.192. The van der Waals surface area contributed by atoms with Gasteiger partial charge in [-0.2, -0.15) is 0 Å². The van der Waals surface area contributed by atoms with E-state index in [-0.39, 0.29) is 12.5 Å². The van der Waals surface area contributed by atoms with Gasteiger partial charge in [0, 0.05) is 6.42 Å². The molecule has 9 heteroatoms. The van der Waals surface area contributed by atoms with Gasteiger partial charge in [-0.15, -0.1) is 0 Å². The molecule has 1 fully saturated rings. The van der Waals surface area contributed by atoms with E-state index in [2.05, 4.69) is 116 Å². The normalized spacial score (nSPS) is 19.4. The Kier molecular flexibility index (Phi) is 53.3. The van der Waals surface area contributed by atoms with Gasteiger partial charge in [0.1, 0.15) is 24.4 Å². The van der Waals surface area contributed by atoms with Crippen LogP contribution in [0.2, 0.25) is 0 Å². The van der Waals surface area contributed by atoms with E-state index in [4.69, 9.17) is 9.47 Å². The largest absolute Gasteiger partial charge is 0.394 e. The van der Waals surface area contributed by atoms with E-state index in [9.17, 15) is 30.3 Å². The van der Waals surface area contributed by atoms with Crippen LogP contribution in [0.3, 0.4) is 0 Å². The highest BCUT2D eigenvalue weighted by molar-refractivity contribution is 5.76. The van der Waals surface area contributed by atoms with Gasteiger partial charge in [-0.25, -0.2) is 0 Å². The van der Waals surface area contributed by atoms with Crippen LogP contribution in [0, 0.1) is 0 Å². The van der Waals surface area contributed by atoms with Crippen LogP contribution in [0.5, 0.6) is 0 Å². The quantitative estimate of drug-likeness (QED) is 0.0261. The number of unbranched alkanes of at least 4 members (excludes halogenated alkanes) is 28. The molecule has 7 atom stereocenters. The summed E-state index contributed by atoms with van der Waals surface area (Å²) in [6.07, 6.45) is 77.5. The van der Waals surface area contributed by atoms with Gasteiger partial charge >= 0.3 is 0 Å². The molecule has 1 heterocycles. The van der Waals surface area contributed by atoms with E-state index in [1.807, 2.05) is 6.08 Å². The van der Waals surface area contributed by atoms with Crippen molar-refractivity contribution in [3.8, 4) is 0 Å². The fourth-order valence-electron chi connectivity index (χ4n) is 9.55. The van der Waals surface area contributed by atoms with Crippen LogP contribution in [0.4, 0.5) is 0 Å². The maximum atomic E-state index is 13.1. The summed E-state index contributed by atoms with van der Waals surface area (Å²) < 4.78 is 11.3. The highest BCUT2D eigenvalue weighted by Crippen LogP contribution is 2.23. The zero-order valence-corrected chi connectivity index (χ0v) is 49.9. The van der Waals surface area contributed by atoms with Crippen molar-refractivity contribution in [2.75, 3.05) is 13.2 Å². The third-order valence-corrected chi connectivity index (χ3v) is 14.6. The first-order valence-corrected chi connectivity index (χ1v) is 32.1. The van der Waals surface area contributed by atoms with Crippen LogP contribution in [0.25, 0.3) is 0 Å². The number of hydrogen-bond acceptors (Lipinski definition) is 8. The molecule has 1 saturated heterocycles. The number of nitrogens with one attached hydrogen (secondary N) is 1. The second-order valence-electron chi connectivity index (χ2n) is 21.8. The molecule has 0 bridgehead atoms. The van der Waals surface area contributed by atoms with Gasteiger partial charge in [0.05, 0.1) is 25.4 Å². The number of carbonyl (C=O) groups excluding carboxylic acids is 1. The van der Waals surface area contributed by atoms with Crippen molar-refractivity contribution in [2.24, 2.45) is 0 Å². The monoisotopic (exact) mass is 1090 g/mol. The van der Waals surface area contributed by atoms with Crippen molar-refractivity contribution in [2.45, 2.75) is 307 Å². The molecule has 1 amide bonds. The van der Waals surface area contributed by atoms with Crippen LogP contribution in [0.1, 0.15) is 264 Å². The van der Waals surface area contributed by atoms with Crippen LogP contribution in [0.15, 0.2) is 109 Å². The van der Waals surface area contributed by atoms with E-state index in [0.717, 1.165) is 89.9 Å². The van der Waals surface area contributed by atoms with Gasteiger partial charge in [-0.1, -0.05) is 271 Å². The topological polar surface area (TPSA) is 149 Å². The van der Waals surface area contributed by atoms with Gasteiger partial charge in [-0.05, 0) is 96.3 Å². The molecule has 0 saturated carbocycles. The summed E-state index contributed by atoms with van der Waals surface area (Å²) >= 11 is 0. The Balaban J connectivity index is 2.14. The maximum absolute atomic E-state index is 13.1. The second-order valence-corrected chi connectivity index (χ2v) is 21.8. The van der Waals surface area contributed by atoms with Gasteiger partial charge in [0.15, 0.2) is 6.29 Å². The highest BCUT2D eigenvalue weighted by Gasteiger charge is 2.44. The molecule has 448 valence electrons. The van der Waals surface area contributed by atoms with Gasteiger partial charge in [0.25, 0.3) is 0 Å². The molecule has 1 aliphatic heterocycles. The SMILES string of the molecule is CC/C=C\C/C=C\C/C=C\C/C=C\C/C=C\C/C=C\CCCCCCCCCCCCCCCCCCCCC(=O)NC(COC1OC(CO)C(O)C(O)C1O)C(O)/C=C/CC/C=C/CC/C=C/CCCCCCCCCC. The van der Waals surface area contributed by atoms with Crippen LogP contribution < -0.4 is 5.32 Å². The van der Waals surface area contributed by atoms with Crippen LogP contribution >= 0.6 is 0 Å². The molecule has 0 spiro atoms. The van der Waals surface area contributed by atoms with Crippen molar-refractivity contribution in [3.05, 3.63) is 109 Å². The predicted octanol–water partition coefficient (Wildman–Crippen LogP) is 16.9. The van der Waals surface area contributed by atoms with Gasteiger partial charge in [-0.3, -0.25) is 4.79 Å². The Bertz CT molecular complexity index is 1590. The first-order valence-electron chi connectivity index (χ1n) is 32.1. The van der Waals surface area contributed by atoms with E-state index in [1.54, 1.807) is 6.08 Å². The zero-order chi connectivity index (χ0) is 56.5. The predicted molar refractivity (Wildman–Crippen MR) is 331 cm³/mol. The van der Waals surface area contributed by atoms with Crippen molar-refractivity contribution in [3.63, 3.8) is 0 Å². The summed E-state index contributed by atoms with van der Waals surface area (Å²) in [7, 11) is 0. The fraction of sp³-hybridized carbons (Fsp3) is 0.725. The summed E-state index contributed by atoms with van der Waals surface area (Å²) in [5.41, 5.74) is 0. The Labute approximate surface area is 478 Å². The number of ether oxygens (including phenoxy) is 2. The molecule has 0 radical (unpaired) electrons. The third-order valence-electron chi connectivity index (χ3n) is 14.6. The molecule has 0 aliphatic carbocycles. The van der Waals surface area contributed by atoms with E-state index < -0.39 is 49.5 Å². The Morgan fingerprint density at radius 2 is 0.808 bits per heavy atom. The summed E-state index contributed by atoms with van der Waals surface area (Å²) in [5, 5.41) is 54.6. The van der Waals surface area contributed by atoms with Crippen LogP contribution in [-0.2, 0) is 14.3 Å². The second kappa shape index (κ2) is 57.1. The molecular formula is C69H119NO8. The number of amides is 1. The minimum Gasteiger partial charge on any atom is -0.394 e. The number of aliphatic hydroxyl groups excluding tert-OH is 5. The van der Waals surface area contributed by atoms with Gasteiger partial charge < -0.3 is 40.3 Å². The molecule has 6 N–H and O–H groups in total. The number of allylic oxidation sites excluding steroid dienone is 17. The Morgan fingerprint density at radius 1 is 0.449 bits per heavy atom. The molecule has 1 rings (SSSR count). The zero-order valence-electron chi connectivity index (χ0n) is 49.9. The van der Waals surface area contributed by atoms with E-state index >= 15 is 0 Å². The summed E-state index contributed by atoms with van der Waals surface area (Å²) in [6.45, 7) is 3.65. The number of aliphatic hydroxyl groups is 5. The first kappa shape index (κ1) is 72.9. The summed E-state index contributed by atoms with van der Waals surface area (Å²) in [6, 6.07) is -0.833.